The second kappa shape index (κ2) is 6.48. The predicted molar refractivity (Wildman–Crippen MR) is 84.0 cm³/mol. The monoisotopic (exact) mass is 323 g/mol. The highest BCUT2D eigenvalue weighted by atomic mass is 32.1. The van der Waals surface area contributed by atoms with Crippen molar-refractivity contribution in [3.63, 3.8) is 0 Å². The molecule has 2 rings (SSSR count). The van der Waals surface area contributed by atoms with Crippen molar-refractivity contribution in [2.75, 3.05) is 12.5 Å². The van der Waals surface area contributed by atoms with Gasteiger partial charge in [-0.1, -0.05) is 24.4 Å². The first-order valence-corrected chi connectivity index (χ1v) is 6.70. The molecule has 0 bridgehead atoms. The van der Waals surface area contributed by atoms with E-state index in [1.807, 2.05) is 12.1 Å². The standard InChI is InChI=1S/C12H13N5O2S2/c1-17(19)12(18)16-15-8-4-2-3-7(5-8)9-6-10(20)14-11(21)13-9/h2-6,15,19H,1H3,(H,16,18)(H2,13,14,20,21). The largest absolute Gasteiger partial charge is 0.359 e. The van der Waals surface area contributed by atoms with Crippen molar-refractivity contribution in [1.29, 1.82) is 0 Å². The van der Waals surface area contributed by atoms with E-state index in [1.165, 1.54) is 7.05 Å². The fraction of sp³-hybridized carbons (Fsp3) is 0.0833. The van der Waals surface area contributed by atoms with Crippen molar-refractivity contribution in [2.24, 2.45) is 0 Å². The van der Waals surface area contributed by atoms with Gasteiger partial charge in [0.25, 0.3) is 0 Å². The van der Waals surface area contributed by atoms with Crippen LogP contribution in [0.4, 0.5) is 10.5 Å². The molecule has 2 aromatic rings. The van der Waals surface area contributed by atoms with Crippen LogP contribution in [0.3, 0.4) is 0 Å². The molecular formula is C12H13N5O2S2. The van der Waals surface area contributed by atoms with Crippen molar-refractivity contribution < 1.29 is 10.0 Å². The van der Waals surface area contributed by atoms with E-state index in [4.69, 9.17) is 29.6 Å². The number of hydrazine groups is 1. The third-order valence-corrected chi connectivity index (χ3v) is 2.97. The van der Waals surface area contributed by atoms with Crippen molar-refractivity contribution >= 4 is 36.2 Å². The summed E-state index contributed by atoms with van der Waals surface area (Å²) in [4.78, 5) is 17.0. The Morgan fingerprint density at radius 3 is 2.71 bits per heavy atom. The maximum Gasteiger partial charge on any atom is 0.359 e. The number of aromatic nitrogens is 2. The maximum atomic E-state index is 11.2. The molecule has 0 saturated carbocycles. The van der Waals surface area contributed by atoms with Crippen LogP contribution in [0.2, 0.25) is 0 Å². The summed E-state index contributed by atoms with van der Waals surface area (Å²) >= 11 is 10.1. The SMILES string of the molecule is CN(O)C(=O)NNc1cccc(-c2cc(=S)[nH]c(=S)[nH]2)c1. The summed E-state index contributed by atoms with van der Waals surface area (Å²) in [5, 5.41) is 9.38. The molecule has 1 heterocycles. The van der Waals surface area contributed by atoms with E-state index in [1.54, 1.807) is 18.2 Å². The van der Waals surface area contributed by atoms with Crippen LogP contribution < -0.4 is 10.9 Å². The van der Waals surface area contributed by atoms with Crippen molar-refractivity contribution in [3.8, 4) is 11.3 Å². The molecule has 1 aromatic carbocycles. The molecule has 110 valence electrons. The van der Waals surface area contributed by atoms with Gasteiger partial charge in [-0.25, -0.2) is 15.3 Å². The van der Waals surface area contributed by atoms with Gasteiger partial charge >= 0.3 is 6.03 Å². The zero-order valence-corrected chi connectivity index (χ0v) is 12.6. The molecule has 1 aromatic heterocycles. The quantitative estimate of drug-likeness (QED) is 0.340. The van der Waals surface area contributed by atoms with Crippen LogP contribution in [-0.4, -0.2) is 33.3 Å². The smallest absolute Gasteiger partial charge is 0.332 e. The van der Waals surface area contributed by atoms with Gasteiger partial charge in [-0.2, -0.15) is 0 Å². The lowest BCUT2D eigenvalue weighted by Gasteiger charge is -2.13. The average molecular weight is 323 g/mol. The molecule has 0 spiro atoms. The van der Waals surface area contributed by atoms with Gasteiger partial charge in [0.1, 0.15) is 4.64 Å². The van der Waals surface area contributed by atoms with E-state index < -0.39 is 6.03 Å². The molecule has 21 heavy (non-hydrogen) atoms. The molecule has 9 heteroatoms. The lowest BCUT2D eigenvalue weighted by molar-refractivity contribution is -0.0174. The Morgan fingerprint density at radius 1 is 1.29 bits per heavy atom. The van der Waals surface area contributed by atoms with Crippen molar-refractivity contribution in [2.45, 2.75) is 0 Å². The number of hydroxylamine groups is 2. The molecule has 0 aliphatic rings. The number of carbonyl (C=O) groups excluding carboxylic acids is 1. The average Bonchev–Trinajstić information content (AvgIpc) is 2.44. The molecule has 2 amide bonds. The summed E-state index contributed by atoms with van der Waals surface area (Å²) in [5.41, 5.74) is 7.27. The fourth-order valence-corrected chi connectivity index (χ4v) is 2.10. The zero-order chi connectivity index (χ0) is 15.4. The number of carbonyl (C=O) groups is 1. The Kier molecular flexibility index (Phi) is 4.68. The Bertz CT molecular complexity index is 740. The molecule has 7 nitrogen and oxygen atoms in total. The molecule has 0 fully saturated rings. The van der Waals surface area contributed by atoms with Crippen molar-refractivity contribution in [1.82, 2.24) is 20.5 Å². The van der Waals surface area contributed by atoms with Gasteiger partial charge in [-0.15, -0.1) is 0 Å². The predicted octanol–water partition coefficient (Wildman–Crippen LogP) is 2.83. The topological polar surface area (TPSA) is 96.2 Å². The Morgan fingerprint density at radius 2 is 2.05 bits per heavy atom. The number of hydrogen-bond donors (Lipinski definition) is 5. The number of H-pyrrole nitrogens is 2. The first-order valence-electron chi connectivity index (χ1n) is 5.88. The lowest BCUT2D eigenvalue weighted by atomic mass is 10.1. The molecule has 5 N–H and O–H groups in total. The first-order chi connectivity index (χ1) is 9.95. The normalized spacial score (nSPS) is 10.0. The van der Waals surface area contributed by atoms with E-state index in [-0.39, 0.29) is 0 Å². The van der Waals surface area contributed by atoms with Gasteiger partial charge < -0.3 is 9.97 Å². The maximum absolute atomic E-state index is 11.2. The van der Waals surface area contributed by atoms with Gasteiger partial charge in [-0.3, -0.25) is 10.6 Å². The van der Waals surface area contributed by atoms with Gasteiger partial charge in [0.2, 0.25) is 0 Å². The number of rotatable bonds is 3. The first kappa shape index (κ1) is 15.2. The van der Waals surface area contributed by atoms with Gasteiger partial charge in [-0.05, 0) is 30.4 Å². The molecule has 0 unspecified atom stereocenters. The summed E-state index contributed by atoms with van der Waals surface area (Å²) in [6.45, 7) is 0. The van der Waals surface area contributed by atoms with Crippen LogP contribution in [0.5, 0.6) is 0 Å². The van der Waals surface area contributed by atoms with Crippen LogP contribution in [0.1, 0.15) is 0 Å². The van der Waals surface area contributed by atoms with Crippen LogP contribution in [-0.2, 0) is 0 Å². The minimum atomic E-state index is -0.679. The van der Waals surface area contributed by atoms with E-state index in [9.17, 15) is 4.79 Å². The van der Waals surface area contributed by atoms with Crippen LogP contribution in [0.15, 0.2) is 30.3 Å². The molecule has 0 saturated heterocycles. The highest BCUT2D eigenvalue weighted by Crippen LogP contribution is 2.20. The fourth-order valence-electron chi connectivity index (χ4n) is 1.60. The van der Waals surface area contributed by atoms with E-state index in [0.29, 0.717) is 20.2 Å². The van der Waals surface area contributed by atoms with Gasteiger partial charge in [0.15, 0.2) is 4.77 Å². The molecule has 0 atom stereocenters. The number of urea groups is 1. The van der Waals surface area contributed by atoms with E-state index in [0.717, 1.165) is 11.3 Å². The Balaban J connectivity index is 2.23. The third-order valence-electron chi connectivity index (χ3n) is 2.54. The summed E-state index contributed by atoms with van der Waals surface area (Å²) in [6.07, 6.45) is 0. The highest BCUT2D eigenvalue weighted by molar-refractivity contribution is 7.72. The molecule has 0 aliphatic carbocycles. The number of nitrogens with one attached hydrogen (secondary N) is 4. The number of benzene rings is 1. The second-order valence-corrected chi connectivity index (χ2v) is 5.01. The number of aromatic amines is 2. The van der Waals surface area contributed by atoms with Crippen LogP contribution in [0.25, 0.3) is 11.3 Å². The Labute approximate surface area is 130 Å². The van der Waals surface area contributed by atoms with Crippen LogP contribution >= 0.6 is 24.4 Å². The Hall–Kier alpha value is -2.23. The van der Waals surface area contributed by atoms with Gasteiger partial charge in [0, 0.05) is 12.6 Å². The number of nitrogens with zero attached hydrogens (tertiary/aromatic N) is 1. The number of hydrogen-bond acceptors (Lipinski definition) is 5. The zero-order valence-electron chi connectivity index (χ0n) is 11.0. The summed E-state index contributed by atoms with van der Waals surface area (Å²) in [7, 11) is 1.22. The molecular weight excluding hydrogens is 310 g/mol. The summed E-state index contributed by atoms with van der Waals surface area (Å²) in [5.74, 6) is 0. The third kappa shape index (κ3) is 4.12. The lowest BCUT2D eigenvalue weighted by Crippen LogP contribution is -2.38. The van der Waals surface area contributed by atoms with Crippen LogP contribution in [0, 0.1) is 9.41 Å². The summed E-state index contributed by atoms with van der Waals surface area (Å²) in [6, 6.07) is 8.32. The molecule has 0 radical (unpaired) electrons. The van der Waals surface area contributed by atoms with E-state index in [2.05, 4.69) is 20.8 Å². The minimum absolute atomic E-state index is 0.435. The minimum Gasteiger partial charge on any atom is -0.332 e. The molecule has 0 aliphatic heterocycles. The van der Waals surface area contributed by atoms with E-state index >= 15 is 0 Å². The highest BCUT2D eigenvalue weighted by Gasteiger charge is 2.04. The van der Waals surface area contributed by atoms with Crippen molar-refractivity contribution in [3.05, 3.63) is 39.7 Å². The number of anilines is 1. The van der Waals surface area contributed by atoms with Gasteiger partial charge in [0.05, 0.1) is 11.4 Å². The summed E-state index contributed by atoms with van der Waals surface area (Å²) < 4.78 is 0.966. The number of amides is 2. The second-order valence-electron chi connectivity index (χ2n) is 4.16.